The Morgan fingerprint density at radius 1 is 1.17 bits per heavy atom. The molecule has 0 bridgehead atoms. The van der Waals surface area contributed by atoms with Crippen LogP contribution >= 0.6 is 11.3 Å². The van der Waals surface area contributed by atoms with Crippen LogP contribution in [0.4, 0.5) is 21.0 Å². The summed E-state index contributed by atoms with van der Waals surface area (Å²) in [5, 5.41) is 5.57. The summed E-state index contributed by atoms with van der Waals surface area (Å²) >= 11 is 1.04. The second-order valence-electron chi connectivity index (χ2n) is 6.87. The predicted octanol–water partition coefficient (Wildman–Crippen LogP) is 3.95. The van der Waals surface area contributed by atoms with E-state index in [1.807, 2.05) is 6.07 Å². The van der Waals surface area contributed by atoms with Gasteiger partial charge in [0.05, 0.1) is 11.8 Å². The van der Waals surface area contributed by atoms with Crippen LogP contribution in [-0.2, 0) is 0 Å². The van der Waals surface area contributed by atoms with Crippen LogP contribution < -0.4 is 16.4 Å². The maximum Gasteiger partial charge on any atom is 0.267 e. The first-order valence-electron chi connectivity index (χ1n) is 9.01. The Kier molecular flexibility index (Phi) is 4.98. The zero-order chi connectivity index (χ0) is 20.5. The molecule has 2 amide bonds. The predicted molar refractivity (Wildman–Crippen MR) is 110 cm³/mol. The van der Waals surface area contributed by atoms with Crippen molar-refractivity contribution >= 4 is 39.8 Å². The SMILES string of the molecule is Cc1cc(F)c(C(=O)Nc2cc(C3CC3)ccn2)cc1NC(=O)c1cnc(N)s1. The van der Waals surface area contributed by atoms with E-state index in [9.17, 15) is 14.0 Å². The lowest BCUT2D eigenvalue weighted by Gasteiger charge is -2.12. The van der Waals surface area contributed by atoms with E-state index in [1.165, 1.54) is 18.3 Å². The molecule has 0 saturated heterocycles. The van der Waals surface area contributed by atoms with Crippen LogP contribution in [0, 0.1) is 12.7 Å². The van der Waals surface area contributed by atoms with Crippen molar-refractivity contribution in [1.82, 2.24) is 9.97 Å². The Balaban J connectivity index is 1.55. The molecule has 9 heteroatoms. The van der Waals surface area contributed by atoms with E-state index < -0.39 is 17.6 Å². The lowest BCUT2D eigenvalue weighted by molar-refractivity contribution is 0.101. The Labute approximate surface area is 170 Å². The summed E-state index contributed by atoms with van der Waals surface area (Å²) in [5.41, 5.74) is 7.28. The zero-order valence-electron chi connectivity index (χ0n) is 15.5. The van der Waals surface area contributed by atoms with Gasteiger partial charge in [-0.25, -0.2) is 14.4 Å². The van der Waals surface area contributed by atoms with E-state index in [-0.39, 0.29) is 10.7 Å². The zero-order valence-corrected chi connectivity index (χ0v) is 16.3. The van der Waals surface area contributed by atoms with E-state index in [0.717, 1.165) is 29.7 Å². The minimum Gasteiger partial charge on any atom is -0.375 e. The first-order chi connectivity index (χ1) is 13.9. The number of hydrogen-bond acceptors (Lipinski definition) is 6. The number of halogens is 1. The molecular weight excluding hydrogens is 393 g/mol. The van der Waals surface area contributed by atoms with Crippen LogP contribution in [0.2, 0.25) is 0 Å². The third kappa shape index (κ3) is 4.24. The molecule has 0 spiro atoms. The quantitative estimate of drug-likeness (QED) is 0.589. The Morgan fingerprint density at radius 2 is 1.97 bits per heavy atom. The van der Waals surface area contributed by atoms with Crippen LogP contribution in [0.3, 0.4) is 0 Å². The number of nitrogens with one attached hydrogen (secondary N) is 2. The van der Waals surface area contributed by atoms with E-state index in [1.54, 1.807) is 19.2 Å². The molecule has 1 fully saturated rings. The molecular formula is C20H18FN5O2S. The van der Waals surface area contributed by atoms with Crippen LogP contribution in [0.15, 0.2) is 36.7 Å². The van der Waals surface area contributed by atoms with E-state index in [0.29, 0.717) is 27.9 Å². The number of aromatic nitrogens is 2. The van der Waals surface area contributed by atoms with E-state index >= 15 is 0 Å². The lowest BCUT2D eigenvalue weighted by Crippen LogP contribution is -2.17. The fourth-order valence-corrected chi connectivity index (χ4v) is 3.51. The third-order valence-corrected chi connectivity index (χ3v) is 5.45. The van der Waals surface area contributed by atoms with Gasteiger partial charge >= 0.3 is 0 Å². The number of anilines is 3. The molecule has 0 unspecified atom stereocenters. The molecule has 29 heavy (non-hydrogen) atoms. The van der Waals surface area contributed by atoms with Crippen molar-refractivity contribution < 1.29 is 14.0 Å². The lowest BCUT2D eigenvalue weighted by atomic mass is 10.1. The molecule has 2 aromatic heterocycles. The molecule has 1 aliphatic rings. The summed E-state index contributed by atoms with van der Waals surface area (Å²) in [7, 11) is 0. The van der Waals surface area contributed by atoms with Crippen molar-refractivity contribution in [1.29, 1.82) is 0 Å². The number of amides is 2. The molecule has 4 N–H and O–H groups in total. The molecule has 2 heterocycles. The summed E-state index contributed by atoms with van der Waals surface area (Å²) in [6, 6.07) is 6.24. The summed E-state index contributed by atoms with van der Waals surface area (Å²) in [6.07, 6.45) is 5.23. The average Bonchev–Trinajstić information content (AvgIpc) is 3.44. The number of carbonyl (C=O) groups is 2. The molecule has 1 aliphatic carbocycles. The number of benzene rings is 1. The Bertz CT molecular complexity index is 1110. The number of carbonyl (C=O) groups excluding carboxylic acids is 2. The van der Waals surface area contributed by atoms with Gasteiger partial charge in [0.2, 0.25) is 0 Å². The number of nitrogens with two attached hydrogens (primary N) is 1. The highest BCUT2D eigenvalue weighted by atomic mass is 32.1. The molecule has 0 aliphatic heterocycles. The van der Waals surface area contributed by atoms with Gasteiger partial charge in [0.15, 0.2) is 5.13 Å². The molecule has 0 radical (unpaired) electrons. The second kappa shape index (κ2) is 7.59. The third-order valence-electron chi connectivity index (χ3n) is 4.63. The minimum absolute atomic E-state index is 0.187. The average molecular weight is 411 g/mol. The summed E-state index contributed by atoms with van der Waals surface area (Å²) in [5.74, 6) is -0.879. The summed E-state index contributed by atoms with van der Waals surface area (Å²) in [4.78, 5) is 33.3. The smallest absolute Gasteiger partial charge is 0.267 e. The Hall–Kier alpha value is -3.33. The number of nitrogens with zero attached hydrogens (tertiary/aromatic N) is 2. The van der Waals surface area contributed by atoms with Gasteiger partial charge in [0.1, 0.15) is 16.5 Å². The fraction of sp³-hybridized carbons (Fsp3) is 0.200. The van der Waals surface area contributed by atoms with Crippen molar-refractivity contribution in [3.05, 3.63) is 64.0 Å². The van der Waals surface area contributed by atoms with E-state index in [4.69, 9.17) is 5.73 Å². The van der Waals surface area contributed by atoms with Crippen molar-refractivity contribution in [2.75, 3.05) is 16.4 Å². The highest BCUT2D eigenvalue weighted by Gasteiger charge is 2.24. The van der Waals surface area contributed by atoms with Crippen LogP contribution in [0.5, 0.6) is 0 Å². The fourth-order valence-electron chi connectivity index (χ4n) is 2.93. The largest absolute Gasteiger partial charge is 0.375 e. The van der Waals surface area contributed by atoms with Crippen molar-refractivity contribution in [2.45, 2.75) is 25.7 Å². The Morgan fingerprint density at radius 3 is 2.66 bits per heavy atom. The minimum atomic E-state index is -0.682. The highest BCUT2D eigenvalue weighted by molar-refractivity contribution is 7.17. The molecule has 3 aromatic rings. The van der Waals surface area contributed by atoms with Gasteiger partial charge in [-0.05, 0) is 61.1 Å². The first kappa shape index (κ1) is 19.0. The van der Waals surface area contributed by atoms with Gasteiger partial charge in [-0.2, -0.15) is 0 Å². The van der Waals surface area contributed by atoms with Crippen LogP contribution in [0.25, 0.3) is 0 Å². The highest BCUT2D eigenvalue weighted by Crippen LogP contribution is 2.40. The topological polar surface area (TPSA) is 110 Å². The van der Waals surface area contributed by atoms with Gasteiger partial charge in [-0.1, -0.05) is 11.3 Å². The molecule has 4 rings (SSSR count). The second-order valence-corrected chi connectivity index (χ2v) is 7.93. The standard InChI is InChI=1S/C20H18FN5O2S/c1-10-6-14(21)13(8-15(10)25-19(28)16-9-24-20(22)29-16)18(27)26-17-7-12(4-5-23-17)11-2-3-11/h4-9,11H,2-3H2,1H3,(H2,22,24)(H,25,28)(H,23,26,27). The molecule has 0 atom stereocenters. The number of rotatable bonds is 5. The van der Waals surface area contributed by atoms with Gasteiger partial charge in [-0.3, -0.25) is 9.59 Å². The number of aryl methyl sites for hydroxylation is 1. The number of nitrogen functional groups attached to an aromatic ring is 1. The summed E-state index contributed by atoms with van der Waals surface area (Å²) < 4.78 is 14.4. The van der Waals surface area contributed by atoms with Crippen molar-refractivity contribution in [3.8, 4) is 0 Å². The molecule has 1 saturated carbocycles. The summed E-state index contributed by atoms with van der Waals surface area (Å²) in [6.45, 7) is 1.64. The van der Waals surface area contributed by atoms with Crippen molar-refractivity contribution in [2.24, 2.45) is 0 Å². The first-order valence-corrected chi connectivity index (χ1v) is 9.82. The number of hydrogen-bond donors (Lipinski definition) is 3. The molecule has 1 aromatic carbocycles. The van der Waals surface area contributed by atoms with Crippen LogP contribution in [0.1, 0.15) is 49.9 Å². The maximum absolute atomic E-state index is 14.4. The molecule has 7 nitrogen and oxygen atoms in total. The van der Waals surface area contributed by atoms with Crippen molar-refractivity contribution in [3.63, 3.8) is 0 Å². The number of pyridine rings is 1. The van der Waals surface area contributed by atoms with Gasteiger partial charge < -0.3 is 16.4 Å². The number of thiazole rings is 1. The van der Waals surface area contributed by atoms with Gasteiger partial charge in [0, 0.05) is 11.9 Å². The normalized spacial score (nSPS) is 13.2. The van der Waals surface area contributed by atoms with E-state index in [2.05, 4.69) is 20.6 Å². The van der Waals surface area contributed by atoms with Gasteiger partial charge in [0.25, 0.3) is 11.8 Å². The molecule has 148 valence electrons. The van der Waals surface area contributed by atoms with Crippen LogP contribution in [-0.4, -0.2) is 21.8 Å². The maximum atomic E-state index is 14.4. The monoisotopic (exact) mass is 411 g/mol. The van der Waals surface area contributed by atoms with Gasteiger partial charge in [-0.15, -0.1) is 0 Å².